The van der Waals surface area contributed by atoms with Gasteiger partial charge in [0.2, 0.25) is 0 Å². The van der Waals surface area contributed by atoms with E-state index in [1.807, 2.05) is 25.7 Å². The number of hydrogen-bond acceptors (Lipinski definition) is 3. The van der Waals surface area contributed by atoms with Gasteiger partial charge in [-0.1, -0.05) is 13.8 Å². The van der Waals surface area contributed by atoms with Crippen molar-refractivity contribution in [1.82, 2.24) is 10.2 Å². The molecule has 0 radical (unpaired) electrons. The zero-order chi connectivity index (χ0) is 15.2. The van der Waals surface area contributed by atoms with Crippen molar-refractivity contribution in [2.75, 3.05) is 13.1 Å². The lowest BCUT2D eigenvalue weighted by Crippen LogP contribution is -2.46. The van der Waals surface area contributed by atoms with Crippen molar-refractivity contribution in [2.24, 2.45) is 0 Å². The summed E-state index contributed by atoms with van der Waals surface area (Å²) in [6.45, 7) is 12.0. The first kappa shape index (κ1) is 17.3. The summed E-state index contributed by atoms with van der Waals surface area (Å²) in [4.78, 5) is 14.2. The van der Waals surface area contributed by atoms with Crippen LogP contribution >= 0.6 is 0 Å². The van der Waals surface area contributed by atoms with Crippen LogP contribution in [0, 0.1) is 0 Å². The van der Waals surface area contributed by atoms with Crippen molar-refractivity contribution in [3.05, 3.63) is 0 Å². The van der Waals surface area contributed by atoms with Crippen LogP contribution in [0.4, 0.5) is 4.79 Å². The summed E-state index contributed by atoms with van der Waals surface area (Å²) in [5, 5.41) is 3.43. The Kier molecular flexibility index (Phi) is 6.80. The molecule has 0 aromatic heterocycles. The van der Waals surface area contributed by atoms with Gasteiger partial charge in [0.25, 0.3) is 0 Å². The van der Waals surface area contributed by atoms with Crippen molar-refractivity contribution in [3.8, 4) is 0 Å². The number of ether oxygens (including phenoxy) is 1. The molecule has 1 rings (SSSR count). The van der Waals surface area contributed by atoms with Crippen LogP contribution in [-0.2, 0) is 4.74 Å². The van der Waals surface area contributed by atoms with Gasteiger partial charge in [0, 0.05) is 18.6 Å². The molecule has 20 heavy (non-hydrogen) atoms. The minimum absolute atomic E-state index is 0.140. The van der Waals surface area contributed by atoms with Gasteiger partial charge in [-0.3, -0.25) is 0 Å². The minimum Gasteiger partial charge on any atom is -0.444 e. The molecule has 118 valence electrons. The van der Waals surface area contributed by atoms with Gasteiger partial charge in [-0.2, -0.15) is 0 Å². The van der Waals surface area contributed by atoms with Gasteiger partial charge in [0.05, 0.1) is 0 Å². The van der Waals surface area contributed by atoms with Crippen LogP contribution in [0.15, 0.2) is 0 Å². The lowest BCUT2D eigenvalue weighted by atomic mass is 9.98. The lowest BCUT2D eigenvalue weighted by Gasteiger charge is -2.37. The van der Waals surface area contributed by atoms with E-state index in [1.165, 1.54) is 6.42 Å². The van der Waals surface area contributed by atoms with Gasteiger partial charge in [0.15, 0.2) is 0 Å². The maximum atomic E-state index is 12.3. The van der Waals surface area contributed by atoms with Crippen LogP contribution in [0.1, 0.15) is 66.7 Å². The van der Waals surface area contributed by atoms with Crippen molar-refractivity contribution in [2.45, 2.75) is 84.4 Å². The van der Waals surface area contributed by atoms with Crippen molar-refractivity contribution in [1.29, 1.82) is 0 Å². The van der Waals surface area contributed by atoms with Crippen LogP contribution in [0.3, 0.4) is 0 Å². The summed E-state index contributed by atoms with van der Waals surface area (Å²) in [7, 11) is 0. The average molecular weight is 284 g/mol. The Morgan fingerprint density at radius 3 is 2.65 bits per heavy atom. The van der Waals surface area contributed by atoms with Gasteiger partial charge in [0.1, 0.15) is 5.60 Å². The standard InChI is InChI=1S/C16H32N2O2/c1-13(2)17-11-8-10-14-9-6-7-12-18(14)15(19)20-16(3,4)5/h13-14,17H,6-12H2,1-5H3/t14-/m1/s1. The SMILES string of the molecule is CC(C)NCCC[C@H]1CCCCN1C(=O)OC(C)(C)C. The first-order chi connectivity index (χ1) is 9.29. The van der Waals surface area contributed by atoms with Crippen molar-refractivity contribution in [3.63, 3.8) is 0 Å². The number of rotatable bonds is 5. The highest BCUT2D eigenvalue weighted by Crippen LogP contribution is 2.23. The molecule has 1 saturated heterocycles. The molecular weight excluding hydrogens is 252 g/mol. The molecular formula is C16H32N2O2. The number of nitrogens with one attached hydrogen (secondary N) is 1. The van der Waals surface area contributed by atoms with E-state index in [4.69, 9.17) is 4.74 Å². The predicted octanol–water partition coefficient (Wildman–Crippen LogP) is 3.55. The number of piperidine rings is 1. The second kappa shape index (κ2) is 7.87. The topological polar surface area (TPSA) is 41.6 Å². The van der Waals surface area contributed by atoms with E-state index in [0.29, 0.717) is 12.1 Å². The van der Waals surface area contributed by atoms with Crippen LogP contribution in [0.5, 0.6) is 0 Å². The van der Waals surface area contributed by atoms with E-state index in [1.54, 1.807) is 0 Å². The van der Waals surface area contributed by atoms with E-state index in [2.05, 4.69) is 19.2 Å². The van der Waals surface area contributed by atoms with Gasteiger partial charge < -0.3 is 15.0 Å². The zero-order valence-electron chi connectivity index (χ0n) is 13.9. The Labute approximate surface area is 124 Å². The van der Waals surface area contributed by atoms with Crippen LogP contribution < -0.4 is 5.32 Å². The predicted molar refractivity (Wildman–Crippen MR) is 83.0 cm³/mol. The number of likely N-dealkylation sites (tertiary alicyclic amines) is 1. The summed E-state index contributed by atoms with van der Waals surface area (Å²) in [5.41, 5.74) is -0.404. The number of amides is 1. The molecule has 0 aromatic carbocycles. The van der Waals surface area contributed by atoms with Crippen LogP contribution in [-0.4, -0.2) is 41.8 Å². The molecule has 0 spiro atoms. The fourth-order valence-electron chi connectivity index (χ4n) is 2.59. The maximum absolute atomic E-state index is 12.3. The molecule has 1 aliphatic rings. The third kappa shape index (κ3) is 6.60. The molecule has 0 aliphatic carbocycles. The summed E-state index contributed by atoms with van der Waals surface area (Å²) in [5.74, 6) is 0. The van der Waals surface area contributed by atoms with E-state index in [9.17, 15) is 4.79 Å². The normalized spacial score (nSPS) is 20.3. The number of carbonyl (C=O) groups is 1. The summed E-state index contributed by atoms with van der Waals surface area (Å²) in [6.07, 6.45) is 5.47. The smallest absolute Gasteiger partial charge is 0.410 e. The zero-order valence-corrected chi connectivity index (χ0v) is 13.9. The molecule has 4 heteroatoms. The largest absolute Gasteiger partial charge is 0.444 e. The number of nitrogens with zero attached hydrogens (tertiary/aromatic N) is 1. The van der Waals surface area contributed by atoms with Crippen molar-refractivity contribution < 1.29 is 9.53 Å². The summed E-state index contributed by atoms with van der Waals surface area (Å²) < 4.78 is 5.52. The highest BCUT2D eigenvalue weighted by molar-refractivity contribution is 5.68. The van der Waals surface area contributed by atoms with Crippen LogP contribution in [0.25, 0.3) is 0 Å². The third-order valence-electron chi connectivity index (χ3n) is 3.52. The molecule has 4 nitrogen and oxygen atoms in total. The van der Waals surface area contributed by atoms with Gasteiger partial charge in [-0.05, 0) is 59.4 Å². The minimum atomic E-state index is -0.404. The fourth-order valence-corrected chi connectivity index (χ4v) is 2.59. The second-order valence-corrected chi connectivity index (χ2v) is 7.07. The third-order valence-corrected chi connectivity index (χ3v) is 3.52. The Morgan fingerprint density at radius 2 is 2.05 bits per heavy atom. The second-order valence-electron chi connectivity index (χ2n) is 7.07. The Morgan fingerprint density at radius 1 is 1.35 bits per heavy atom. The van der Waals surface area contributed by atoms with Crippen molar-refractivity contribution >= 4 is 6.09 Å². The van der Waals surface area contributed by atoms with E-state index >= 15 is 0 Å². The quantitative estimate of drug-likeness (QED) is 0.785. The number of carbonyl (C=O) groups excluding carboxylic acids is 1. The summed E-state index contributed by atoms with van der Waals surface area (Å²) >= 11 is 0. The average Bonchev–Trinajstić information content (AvgIpc) is 2.32. The molecule has 1 N–H and O–H groups in total. The number of hydrogen-bond donors (Lipinski definition) is 1. The van der Waals surface area contributed by atoms with E-state index < -0.39 is 5.60 Å². The Hall–Kier alpha value is -0.770. The Bertz CT molecular complexity index is 297. The van der Waals surface area contributed by atoms with Gasteiger partial charge >= 0.3 is 6.09 Å². The lowest BCUT2D eigenvalue weighted by molar-refractivity contribution is 0.00864. The molecule has 1 heterocycles. The molecule has 1 amide bonds. The fraction of sp³-hybridized carbons (Fsp3) is 0.938. The monoisotopic (exact) mass is 284 g/mol. The molecule has 1 atom stereocenters. The molecule has 1 aliphatic heterocycles. The highest BCUT2D eigenvalue weighted by atomic mass is 16.6. The maximum Gasteiger partial charge on any atom is 0.410 e. The van der Waals surface area contributed by atoms with E-state index in [-0.39, 0.29) is 6.09 Å². The molecule has 0 aromatic rings. The Balaban J connectivity index is 2.43. The molecule has 0 unspecified atom stereocenters. The molecule has 0 bridgehead atoms. The highest BCUT2D eigenvalue weighted by Gasteiger charge is 2.29. The first-order valence-corrected chi connectivity index (χ1v) is 8.02. The van der Waals surface area contributed by atoms with Gasteiger partial charge in [-0.15, -0.1) is 0 Å². The van der Waals surface area contributed by atoms with Gasteiger partial charge in [-0.25, -0.2) is 4.79 Å². The molecule has 1 fully saturated rings. The molecule has 0 saturated carbocycles. The van der Waals surface area contributed by atoms with Crippen LogP contribution in [0.2, 0.25) is 0 Å². The van der Waals surface area contributed by atoms with E-state index in [0.717, 1.165) is 38.8 Å². The first-order valence-electron chi connectivity index (χ1n) is 8.02. The summed E-state index contributed by atoms with van der Waals surface area (Å²) in [6, 6.07) is 0.885.